The Morgan fingerprint density at radius 1 is 0.875 bits per heavy atom. The first-order valence-corrected chi connectivity index (χ1v) is 13.3. The average molecular weight is 449 g/mol. The van der Waals surface area contributed by atoms with Crippen LogP contribution in [-0.2, 0) is 0 Å². The van der Waals surface area contributed by atoms with Gasteiger partial charge in [-0.1, -0.05) is 41.2 Å². The van der Waals surface area contributed by atoms with Crippen molar-refractivity contribution < 1.29 is 20.4 Å². The summed E-state index contributed by atoms with van der Waals surface area (Å²) < 4.78 is 0. The summed E-state index contributed by atoms with van der Waals surface area (Å²) in [6.45, 7) is 15.1. The van der Waals surface area contributed by atoms with Gasteiger partial charge in [0.25, 0.3) is 0 Å². The minimum absolute atomic E-state index is 0.0469. The van der Waals surface area contributed by atoms with Crippen LogP contribution in [-0.4, -0.2) is 44.8 Å². The van der Waals surface area contributed by atoms with Crippen LogP contribution >= 0.6 is 0 Å². The van der Waals surface area contributed by atoms with Crippen molar-refractivity contribution >= 4 is 0 Å². The predicted molar refractivity (Wildman–Crippen MR) is 128 cm³/mol. The second-order valence-corrected chi connectivity index (χ2v) is 13.0. The molecule has 32 heavy (non-hydrogen) atoms. The number of hydrogen-bond donors (Lipinski definition) is 4. The van der Waals surface area contributed by atoms with Crippen LogP contribution in [0.3, 0.4) is 0 Å². The third kappa shape index (κ3) is 3.72. The summed E-state index contributed by atoms with van der Waals surface area (Å²) in [6, 6.07) is 0. The molecule has 12 atom stereocenters. The van der Waals surface area contributed by atoms with Crippen molar-refractivity contribution in [3.8, 4) is 0 Å². The van der Waals surface area contributed by atoms with Crippen molar-refractivity contribution in [2.24, 2.45) is 52.3 Å². The van der Waals surface area contributed by atoms with E-state index >= 15 is 0 Å². The van der Waals surface area contributed by atoms with Gasteiger partial charge < -0.3 is 20.4 Å². The summed E-state index contributed by atoms with van der Waals surface area (Å²) in [5.74, 6) is 3.13. The summed E-state index contributed by atoms with van der Waals surface area (Å²) in [7, 11) is 0. The molecule has 0 spiro atoms. The SMILES string of the molecule is C=C(C(C)C)[C@@H](O)[C@H](O)[C@@H](C)[C@H]1CC[C@H]2[C@H]3CC[C@H]4C[C@H](O)[C@H](O)C[C@]4(C)[C@H]3CC[C@@]12C. The number of aliphatic hydroxyl groups is 4. The highest BCUT2D eigenvalue weighted by Gasteiger charge is 2.61. The van der Waals surface area contributed by atoms with Crippen molar-refractivity contribution in [3.05, 3.63) is 12.2 Å². The van der Waals surface area contributed by atoms with E-state index < -0.39 is 24.4 Å². The second-order valence-electron chi connectivity index (χ2n) is 13.0. The van der Waals surface area contributed by atoms with Gasteiger partial charge in [-0.3, -0.25) is 0 Å². The molecular formula is C28H48O4. The van der Waals surface area contributed by atoms with Crippen molar-refractivity contribution in [1.29, 1.82) is 0 Å². The van der Waals surface area contributed by atoms with Crippen molar-refractivity contribution in [3.63, 3.8) is 0 Å². The molecule has 0 aliphatic heterocycles. The largest absolute Gasteiger partial charge is 0.390 e. The van der Waals surface area contributed by atoms with Crippen molar-refractivity contribution in [1.82, 2.24) is 0 Å². The standard InChI is InChI=1S/C28H48O4/c1-15(2)16(3)25(31)26(32)17(4)20-9-10-21-19-8-7-18-13-23(29)24(30)14-28(18,6)22(19)11-12-27(20,21)5/h15,17-26,29-32H,3,7-14H2,1-2,4-6H3/t17-,18-,19+,20+,21-,22-,23-,24+,25+,26+,27-,28-/m0/s1. The van der Waals surface area contributed by atoms with Crippen LogP contribution in [0.15, 0.2) is 12.2 Å². The quantitative estimate of drug-likeness (QED) is 0.465. The molecule has 4 saturated carbocycles. The van der Waals surface area contributed by atoms with Crippen molar-refractivity contribution in [2.75, 3.05) is 0 Å². The Bertz CT molecular complexity index is 706. The third-order valence-corrected chi connectivity index (χ3v) is 11.4. The van der Waals surface area contributed by atoms with Gasteiger partial charge in [-0.05, 0) is 109 Å². The maximum Gasteiger partial charge on any atom is 0.101 e. The molecule has 184 valence electrons. The van der Waals surface area contributed by atoms with E-state index in [4.69, 9.17) is 0 Å². The molecule has 4 heteroatoms. The number of hydrogen-bond acceptors (Lipinski definition) is 4. The van der Waals surface area contributed by atoms with Crippen LogP contribution < -0.4 is 0 Å². The zero-order chi connectivity index (χ0) is 23.6. The van der Waals surface area contributed by atoms with Crippen LogP contribution in [0, 0.1) is 52.3 Å². The lowest BCUT2D eigenvalue weighted by Gasteiger charge is -2.61. The van der Waals surface area contributed by atoms with Crippen LogP contribution in [0.25, 0.3) is 0 Å². The molecule has 0 aromatic rings. The van der Waals surface area contributed by atoms with E-state index in [0.29, 0.717) is 29.6 Å². The smallest absolute Gasteiger partial charge is 0.101 e. The molecule has 0 aromatic heterocycles. The van der Waals surface area contributed by atoms with Crippen molar-refractivity contribution in [2.45, 2.75) is 110 Å². The van der Waals surface area contributed by atoms with E-state index in [1.165, 1.54) is 32.1 Å². The second kappa shape index (κ2) is 8.66. The summed E-state index contributed by atoms with van der Waals surface area (Å²) >= 11 is 0. The molecule has 0 saturated heterocycles. The fourth-order valence-electron chi connectivity index (χ4n) is 9.27. The summed E-state index contributed by atoms with van der Waals surface area (Å²) in [6.07, 6.45) is 5.87. The van der Waals surface area contributed by atoms with Crippen LogP contribution in [0.1, 0.15) is 86.0 Å². The van der Waals surface area contributed by atoms with Crippen LogP contribution in [0.2, 0.25) is 0 Å². The van der Waals surface area contributed by atoms with E-state index in [-0.39, 0.29) is 22.7 Å². The molecule has 0 heterocycles. The molecule has 4 aliphatic rings. The lowest BCUT2D eigenvalue weighted by Crippen LogP contribution is -2.57. The average Bonchev–Trinajstić information content (AvgIpc) is 3.09. The predicted octanol–water partition coefficient (Wildman–Crippen LogP) is 4.55. The zero-order valence-corrected chi connectivity index (χ0v) is 21.0. The Kier molecular flexibility index (Phi) is 6.68. The van der Waals surface area contributed by atoms with Gasteiger partial charge in [-0.25, -0.2) is 0 Å². The van der Waals surface area contributed by atoms with Crippen LogP contribution in [0.5, 0.6) is 0 Å². The molecule has 0 bridgehead atoms. The van der Waals surface area contributed by atoms with E-state index in [1.807, 2.05) is 13.8 Å². The van der Waals surface area contributed by atoms with Gasteiger partial charge >= 0.3 is 0 Å². The molecule has 4 N–H and O–H groups in total. The van der Waals surface area contributed by atoms with Gasteiger partial charge in [0.15, 0.2) is 0 Å². The summed E-state index contributed by atoms with van der Waals surface area (Å²) in [5, 5.41) is 42.7. The molecule has 0 aromatic carbocycles. The van der Waals surface area contributed by atoms with E-state index in [2.05, 4.69) is 27.4 Å². The Morgan fingerprint density at radius 2 is 1.53 bits per heavy atom. The fraction of sp³-hybridized carbons (Fsp3) is 0.929. The highest BCUT2D eigenvalue weighted by Crippen LogP contribution is 2.68. The molecule has 4 rings (SSSR count). The van der Waals surface area contributed by atoms with E-state index in [1.54, 1.807) is 0 Å². The van der Waals surface area contributed by atoms with Gasteiger partial charge in [0.2, 0.25) is 0 Å². The van der Waals surface area contributed by atoms with E-state index in [9.17, 15) is 20.4 Å². The van der Waals surface area contributed by atoms with Gasteiger partial charge in [0, 0.05) is 0 Å². The topological polar surface area (TPSA) is 80.9 Å². The first-order chi connectivity index (χ1) is 14.9. The zero-order valence-electron chi connectivity index (χ0n) is 21.0. The molecule has 4 fully saturated rings. The van der Waals surface area contributed by atoms with Gasteiger partial charge in [0.05, 0.1) is 18.3 Å². The molecular weight excluding hydrogens is 400 g/mol. The maximum absolute atomic E-state index is 11.1. The van der Waals surface area contributed by atoms with Gasteiger partial charge in [-0.15, -0.1) is 0 Å². The number of rotatable bonds is 5. The number of aliphatic hydroxyl groups excluding tert-OH is 4. The minimum atomic E-state index is -0.853. The third-order valence-electron chi connectivity index (χ3n) is 11.4. The normalized spacial score (nSPS) is 49.0. The molecule has 0 radical (unpaired) electrons. The molecule has 0 amide bonds. The maximum atomic E-state index is 11.1. The fourth-order valence-corrected chi connectivity index (χ4v) is 9.27. The summed E-state index contributed by atoms with van der Waals surface area (Å²) in [4.78, 5) is 0. The highest BCUT2D eigenvalue weighted by molar-refractivity contribution is 5.13. The molecule has 4 aliphatic carbocycles. The van der Waals surface area contributed by atoms with Crippen LogP contribution in [0.4, 0.5) is 0 Å². The molecule has 4 nitrogen and oxygen atoms in total. The Balaban J connectivity index is 1.52. The highest BCUT2D eigenvalue weighted by atomic mass is 16.3. The van der Waals surface area contributed by atoms with Gasteiger partial charge in [-0.2, -0.15) is 0 Å². The summed E-state index contributed by atoms with van der Waals surface area (Å²) in [5.41, 5.74) is 1.07. The first kappa shape index (κ1) is 24.7. The lowest BCUT2D eigenvalue weighted by atomic mass is 9.44. The van der Waals surface area contributed by atoms with E-state index in [0.717, 1.165) is 24.8 Å². The number of fused-ring (bicyclic) bond motifs is 5. The lowest BCUT2D eigenvalue weighted by molar-refractivity contribution is -0.162. The molecule has 0 unspecified atom stereocenters. The Hall–Kier alpha value is -0.420. The Morgan fingerprint density at radius 3 is 2.19 bits per heavy atom. The first-order valence-electron chi connectivity index (χ1n) is 13.3. The van der Waals surface area contributed by atoms with Gasteiger partial charge in [0.1, 0.15) is 6.10 Å². The monoisotopic (exact) mass is 448 g/mol. The minimum Gasteiger partial charge on any atom is -0.390 e. The Labute approximate surface area is 195 Å².